The average Bonchev–Trinajstić information content (AvgIpc) is 2.41. The molecule has 0 heterocycles. The second-order valence-electron chi connectivity index (χ2n) is 6.76. The van der Waals surface area contributed by atoms with E-state index in [9.17, 15) is 4.79 Å². The van der Waals surface area contributed by atoms with Gasteiger partial charge in [-0.05, 0) is 49.7 Å². The predicted octanol–water partition coefficient (Wildman–Crippen LogP) is 5.00. The molecule has 0 radical (unpaired) electrons. The Labute approximate surface area is 128 Å². The summed E-state index contributed by atoms with van der Waals surface area (Å²) in [5.74, 6) is 1.66. The second kappa shape index (κ2) is 6.97. The Morgan fingerprint density at radius 1 is 1.24 bits per heavy atom. The minimum atomic E-state index is -0.330. The van der Waals surface area contributed by atoms with Crippen LogP contribution in [0.25, 0.3) is 0 Å². The van der Waals surface area contributed by atoms with Crippen LogP contribution in [-0.4, -0.2) is 12.2 Å². The van der Waals surface area contributed by atoms with Gasteiger partial charge in [-0.1, -0.05) is 44.9 Å². The third-order valence-electron chi connectivity index (χ3n) is 4.52. The number of carbonyl (C=O) groups is 1. The zero-order valence-corrected chi connectivity index (χ0v) is 13.6. The molecule has 0 aromatic heterocycles. The van der Waals surface area contributed by atoms with Gasteiger partial charge in [-0.3, -0.25) is 5.32 Å². The summed E-state index contributed by atoms with van der Waals surface area (Å²) < 4.78 is 5.72. The lowest BCUT2D eigenvalue weighted by atomic mass is 9.75. The van der Waals surface area contributed by atoms with E-state index in [0.717, 1.165) is 18.5 Å². The monoisotopic (exact) mass is 289 g/mol. The van der Waals surface area contributed by atoms with Crippen molar-refractivity contribution in [3.05, 3.63) is 29.8 Å². The predicted molar refractivity (Wildman–Crippen MR) is 86.4 cm³/mol. The standard InChI is InChI=1S/C18H27NO2/c1-12(2)16-10-7-14(4)11-17(16)21-18(20)19-15-8-5-13(3)6-9-15/h5-6,8-9,12,14,16-17H,7,10-11H2,1-4H3,(H,19,20)/t14-,16?,17?/m1/s1. The van der Waals surface area contributed by atoms with Gasteiger partial charge in [-0.25, -0.2) is 4.79 Å². The van der Waals surface area contributed by atoms with E-state index in [1.54, 1.807) is 0 Å². The van der Waals surface area contributed by atoms with Crippen LogP contribution in [0.15, 0.2) is 24.3 Å². The van der Waals surface area contributed by atoms with Crippen LogP contribution in [0, 0.1) is 24.7 Å². The second-order valence-corrected chi connectivity index (χ2v) is 6.76. The lowest BCUT2D eigenvalue weighted by molar-refractivity contribution is 0.0126. The highest BCUT2D eigenvalue weighted by Gasteiger charge is 2.33. The first-order valence-corrected chi connectivity index (χ1v) is 8.00. The number of benzene rings is 1. The van der Waals surface area contributed by atoms with Gasteiger partial charge in [-0.2, -0.15) is 0 Å². The van der Waals surface area contributed by atoms with Crippen LogP contribution in [-0.2, 0) is 4.74 Å². The Bertz CT molecular complexity index is 467. The largest absolute Gasteiger partial charge is 0.446 e. The Morgan fingerprint density at radius 3 is 2.52 bits per heavy atom. The molecule has 3 atom stereocenters. The smallest absolute Gasteiger partial charge is 0.411 e. The number of carbonyl (C=O) groups excluding carboxylic acids is 1. The fraction of sp³-hybridized carbons (Fsp3) is 0.611. The Balaban J connectivity index is 1.94. The minimum absolute atomic E-state index is 0.0409. The zero-order chi connectivity index (χ0) is 15.4. The van der Waals surface area contributed by atoms with Crippen LogP contribution in [0.4, 0.5) is 10.5 Å². The zero-order valence-electron chi connectivity index (χ0n) is 13.6. The topological polar surface area (TPSA) is 38.3 Å². The molecular formula is C18H27NO2. The molecule has 1 aliphatic rings. The van der Waals surface area contributed by atoms with E-state index in [1.807, 2.05) is 31.2 Å². The van der Waals surface area contributed by atoms with Crippen molar-refractivity contribution < 1.29 is 9.53 Å². The van der Waals surface area contributed by atoms with E-state index in [-0.39, 0.29) is 12.2 Å². The fourth-order valence-electron chi connectivity index (χ4n) is 3.17. The Hall–Kier alpha value is -1.51. The molecule has 1 aromatic carbocycles. The van der Waals surface area contributed by atoms with E-state index in [2.05, 4.69) is 26.1 Å². The quantitative estimate of drug-likeness (QED) is 0.850. The maximum atomic E-state index is 12.1. The molecule has 1 N–H and O–H groups in total. The summed E-state index contributed by atoms with van der Waals surface area (Å²) in [4.78, 5) is 12.1. The van der Waals surface area contributed by atoms with Crippen molar-refractivity contribution in [2.24, 2.45) is 17.8 Å². The summed E-state index contributed by atoms with van der Waals surface area (Å²) in [6.45, 7) is 8.70. The number of anilines is 1. The lowest BCUT2D eigenvalue weighted by Crippen LogP contribution is -2.36. The van der Waals surface area contributed by atoms with Gasteiger partial charge < -0.3 is 4.74 Å². The SMILES string of the molecule is Cc1ccc(NC(=O)OC2C[C@H](C)CCC2C(C)C)cc1. The van der Waals surface area contributed by atoms with E-state index < -0.39 is 0 Å². The molecule has 116 valence electrons. The van der Waals surface area contributed by atoms with E-state index in [0.29, 0.717) is 17.8 Å². The van der Waals surface area contributed by atoms with Crippen LogP contribution >= 0.6 is 0 Å². The molecule has 21 heavy (non-hydrogen) atoms. The number of hydrogen-bond donors (Lipinski definition) is 1. The third kappa shape index (κ3) is 4.48. The van der Waals surface area contributed by atoms with Crippen molar-refractivity contribution in [1.82, 2.24) is 0 Å². The number of ether oxygens (including phenoxy) is 1. The molecule has 1 aromatic rings. The van der Waals surface area contributed by atoms with E-state index in [1.165, 1.54) is 12.0 Å². The average molecular weight is 289 g/mol. The van der Waals surface area contributed by atoms with Gasteiger partial charge in [0.25, 0.3) is 0 Å². The molecule has 3 nitrogen and oxygen atoms in total. The number of amides is 1. The summed E-state index contributed by atoms with van der Waals surface area (Å²) >= 11 is 0. The van der Waals surface area contributed by atoms with Crippen molar-refractivity contribution in [3.63, 3.8) is 0 Å². The summed E-state index contributed by atoms with van der Waals surface area (Å²) in [7, 11) is 0. The highest BCUT2D eigenvalue weighted by atomic mass is 16.6. The lowest BCUT2D eigenvalue weighted by Gasteiger charge is -2.36. The van der Waals surface area contributed by atoms with Crippen molar-refractivity contribution in [1.29, 1.82) is 0 Å². The van der Waals surface area contributed by atoms with Gasteiger partial charge in [0.2, 0.25) is 0 Å². The van der Waals surface area contributed by atoms with Gasteiger partial charge in [-0.15, -0.1) is 0 Å². The summed E-state index contributed by atoms with van der Waals surface area (Å²) in [6, 6.07) is 7.77. The minimum Gasteiger partial charge on any atom is -0.446 e. The summed E-state index contributed by atoms with van der Waals surface area (Å²) in [5, 5.41) is 2.83. The van der Waals surface area contributed by atoms with Gasteiger partial charge >= 0.3 is 6.09 Å². The van der Waals surface area contributed by atoms with E-state index in [4.69, 9.17) is 4.74 Å². The summed E-state index contributed by atoms with van der Waals surface area (Å²) in [6.07, 6.45) is 3.08. The van der Waals surface area contributed by atoms with E-state index >= 15 is 0 Å². The van der Waals surface area contributed by atoms with Crippen LogP contribution in [0.5, 0.6) is 0 Å². The molecular weight excluding hydrogens is 262 g/mol. The Kier molecular flexibility index (Phi) is 5.27. The van der Waals surface area contributed by atoms with Crippen molar-refractivity contribution in [2.75, 3.05) is 5.32 Å². The fourth-order valence-corrected chi connectivity index (χ4v) is 3.17. The highest BCUT2D eigenvalue weighted by Crippen LogP contribution is 2.35. The Morgan fingerprint density at radius 2 is 1.90 bits per heavy atom. The van der Waals surface area contributed by atoms with Gasteiger partial charge in [0.05, 0.1) is 0 Å². The van der Waals surface area contributed by atoms with Gasteiger partial charge in [0.1, 0.15) is 6.10 Å². The molecule has 0 saturated heterocycles. The van der Waals surface area contributed by atoms with Crippen LogP contribution in [0.1, 0.15) is 45.6 Å². The highest BCUT2D eigenvalue weighted by molar-refractivity contribution is 5.84. The first-order chi connectivity index (χ1) is 9.95. The van der Waals surface area contributed by atoms with Crippen LogP contribution in [0.3, 0.4) is 0 Å². The molecule has 1 amide bonds. The van der Waals surface area contributed by atoms with Crippen LogP contribution in [0.2, 0.25) is 0 Å². The summed E-state index contributed by atoms with van der Waals surface area (Å²) in [5.41, 5.74) is 1.96. The third-order valence-corrected chi connectivity index (χ3v) is 4.52. The van der Waals surface area contributed by atoms with Gasteiger partial charge in [0.15, 0.2) is 0 Å². The molecule has 1 aliphatic carbocycles. The number of nitrogens with one attached hydrogen (secondary N) is 1. The molecule has 3 heteroatoms. The molecule has 0 spiro atoms. The molecule has 2 unspecified atom stereocenters. The maximum absolute atomic E-state index is 12.1. The normalized spacial score (nSPS) is 25.7. The van der Waals surface area contributed by atoms with Crippen LogP contribution < -0.4 is 5.32 Å². The molecule has 0 bridgehead atoms. The molecule has 1 saturated carbocycles. The first-order valence-electron chi connectivity index (χ1n) is 8.00. The molecule has 0 aliphatic heterocycles. The van der Waals surface area contributed by atoms with Gasteiger partial charge in [0, 0.05) is 5.69 Å². The number of hydrogen-bond acceptors (Lipinski definition) is 2. The van der Waals surface area contributed by atoms with Crippen molar-refractivity contribution in [2.45, 2.75) is 53.1 Å². The molecule has 1 fully saturated rings. The maximum Gasteiger partial charge on any atom is 0.411 e. The first kappa shape index (κ1) is 15.9. The van der Waals surface area contributed by atoms with Crippen molar-refractivity contribution in [3.8, 4) is 0 Å². The molecule has 2 rings (SSSR count). The number of rotatable bonds is 3. The van der Waals surface area contributed by atoms with Crippen molar-refractivity contribution >= 4 is 11.8 Å². The number of aryl methyl sites for hydroxylation is 1.